The number of hydrogen-bond donors (Lipinski definition) is 1. The standard InChI is InChI=1S/C17H21N5O2/c18-11-13-3-4-15(19-12-13)20-16(23)14-5-9-22(10-6-14)17(24)21-7-1-2-8-21/h3-4,12,14H,1-2,5-10H2,(H,19,20,23). The molecule has 1 aromatic heterocycles. The second-order valence-electron chi connectivity index (χ2n) is 6.27. The highest BCUT2D eigenvalue weighted by molar-refractivity contribution is 5.91. The summed E-state index contributed by atoms with van der Waals surface area (Å²) in [5, 5.41) is 11.5. The van der Waals surface area contributed by atoms with E-state index in [1.54, 1.807) is 12.1 Å². The van der Waals surface area contributed by atoms with E-state index in [2.05, 4.69) is 10.3 Å². The summed E-state index contributed by atoms with van der Waals surface area (Å²) in [4.78, 5) is 32.5. The van der Waals surface area contributed by atoms with Crippen LogP contribution in [0.3, 0.4) is 0 Å². The smallest absolute Gasteiger partial charge is 0.319 e. The Labute approximate surface area is 141 Å². The number of urea groups is 1. The van der Waals surface area contributed by atoms with Crippen LogP contribution in [0.2, 0.25) is 0 Å². The largest absolute Gasteiger partial charge is 0.325 e. The summed E-state index contributed by atoms with van der Waals surface area (Å²) in [5.41, 5.74) is 0.460. The minimum absolute atomic E-state index is 0.0690. The van der Waals surface area contributed by atoms with Crippen molar-refractivity contribution < 1.29 is 9.59 Å². The first-order valence-corrected chi connectivity index (χ1v) is 8.38. The van der Waals surface area contributed by atoms with Crippen LogP contribution in [-0.2, 0) is 4.79 Å². The molecular weight excluding hydrogens is 306 g/mol. The van der Waals surface area contributed by atoms with Crippen molar-refractivity contribution in [1.29, 1.82) is 5.26 Å². The van der Waals surface area contributed by atoms with E-state index >= 15 is 0 Å². The number of piperidine rings is 1. The lowest BCUT2D eigenvalue weighted by atomic mass is 9.96. The van der Waals surface area contributed by atoms with E-state index in [0.717, 1.165) is 25.9 Å². The molecule has 7 nitrogen and oxygen atoms in total. The highest BCUT2D eigenvalue weighted by atomic mass is 16.2. The van der Waals surface area contributed by atoms with Crippen molar-refractivity contribution in [3.63, 3.8) is 0 Å². The van der Waals surface area contributed by atoms with Crippen LogP contribution in [-0.4, -0.2) is 52.9 Å². The maximum absolute atomic E-state index is 12.3. The molecule has 0 unspecified atom stereocenters. The fourth-order valence-electron chi connectivity index (χ4n) is 3.20. The molecule has 1 N–H and O–H groups in total. The van der Waals surface area contributed by atoms with Gasteiger partial charge in [-0.3, -0.25) is 4.79 Å². The molecule has 0 spiro atoms. The molecule has 1 aromatic rings. The maximum atomic E-state index is 12.3. The number of rotatable bonds is 2. The van der Waals surface area contributed by atoms with E-state index in [0.29, 0.717) is 37.3 Å². The highest BCUT2D eigenvalue weighted by Gasteiger charge is 2.30. The number of carbonyl (C=O) groups excluding carboxylic acids is 2. The van der Waals surface area contributed by atoms with E-state index in [1.807, 2.05) is 15.9 Å². The zero-order valence-electron chi connectivity index (χ0n) is 13.6. The average Bonchev–Trinajstić information content (AvgIpc) is 3.16. The normalized spacial score (nSPS) is 18.3. The van der Waals surface area contributed by atoms with Crippen molar-refractivity contribution in [2.75, 3.05) is 31.5 Å². The first-order valence-electron chi connectivity index (χ1n) is 8.38. The van der Waals surface area contributed by atoms with Crippen LogP contribution in [0.4, 0.5) is 10.6 Å². The fourth-order valence-corrected chi connectivity index (χ4v) is 3.20. The van der Waals surface area contributed by atoms with Crippen LogP contribution in [0.5, 0.6) is 0 Å². The fraction of sp³-hybridized carbons (Fsp3) is 0.529. The molecule has 0 aliphatic carbocycles. The van der Waals surface area contributed by atoms with Crippen molar-refractivity contribution in [2.45, 2.75) is 25.7 Å². The Hall–Kier alpha value is -2.62. The second kappa shape index (κ2) is 7.30. The summed E-state index contributed by atoms with van der Waals surface area (Å²) in [5.74, 6) is 0.278. The molecule has 0 saturated carbocycles. The van der Waals surface area contributed by atoms with Crippen LogP contribution in [0.1, 0.15) is 31.2 Å². The molecule has 126 valence electrons. The quantitative estimate of drug-likeness (QED) is 0.897. The van der Waals surface area contributed by atoms with Crippen LogP contribution >= 0.6 is 0 Å². The van der Waals surface area contributed by atoms with Crippen molar-refractivity contribution in [3.05, 3.63) is 23.9 Å². The molecule has 3 heterocycles. The number of likely N-dealkylation sites (tertiary alicyclic amines) is 2. The van der Waals surface area contributed by atoms with Gasteiger partial charge in [-0.25, -0.2) is 9.78 Å². The van der Waals surface area contributed by atoms with Crippen molar-refractivity contribution in [2.24, 2.45) is 5.92 Å². The number of aromatic nitrogens is 1. The van der Waals surface area contributed by atoms with Gasteiger partial charge in [0, 0.05) is 38.3 Å². The van der Waals surface area contributed by atoms with Gasteiger partial charge in [0.25, 0.3) is 0 Å². The minimum Gasteiger partial charge on any atom is -0.325 e. The number of nitrogens with one attached hydrogen (secondary N) is 1. The Morgan fingerprint density at radius 1 is 1.12 bits per heavy atom. The number of pyridine rings is 1. The molecule has 2 saturated heterocycles. The van der Waals surface area contributed by atoms with Crippen LogP contribution in [0, 0.1) is 17.2 Å². The summed E-state index contributed by atoms with van der Waals surface area (Å²) >= 11 is 0. The molecule has 0 bridgehead atoms. The molecule has 0 atom stereocenters. The predicted molar refractivity (Wildman–Crippen MR) is 88.1 cm³/mol. The number of carbonyl (C=O) groups is 2. The zero-order valence-corrected chi connectivity index (χ0v) is 13.6. The molecule has 3 amide bonds. The van der Waals surface area contributed by atoms with Gasteiger partial charge in [-0.15, -0.1) is 0 Å². The SMILES string of the molecule is N#Cc1ccc(NC(=O)C2CCN(C(=O)N3CCCC3)CC2)nc1. The van der Waals surface area contributed by atoms with Gasteiger partial charge in [0.05, 0.1) is 5.56 Å². The molecule has 0 aromatic carbocycles. The lowest BCUT2D eigenvalue weighted by molar-refractivity contribution is -0.121. The van der Waals surface area contributed by atoms with Gasteiger partial charge in [-0.1, -0.05) is 0 Å². The van der Waals surface area contributed by atoms with Gasteiger partial charge in [-0.2, -0.15) is 5.26 Å². The maximum Gasteiger partial charge on any atom is 0.319 e. The Bertz CT molecular complexity index is 638. The van der Waals surface area contributed by atoms with E-state index in [-0.39, 0.29) is 17.9 Å². The zero-order chi connectivity index (χ0) is 16.9. The summed E-state index contributed by atoms with van der Waals surface area (Å²) in [6.45, 7) is 2.94. The van der Waals surface area contributed by atoms with Gasteiger partial charge in [0.1, 0.15) is 11.9 Å². The number of amides is 3. The molecular formula is C17H21N5O2. The van der Waals surface area contributed by atoms with Gasteiger partial charge in [0.15, 0.2) is 0 Å². The molecule has 2 aliphatic rings. The van der Waals surface area contributed by atoms with Gasteiger partial charge in [0.2, 0.25) is 5.91 Å². The summed E-state index contributed by atoms with van der Waals surface area (Å²) in [6, 6.07) is 5.36. The molecule has 0 radical (unpaired) electrons. The number of anilines is 1. The number of hydrogen-bond acceptors (Lipinski definition) is 4. The Morgan fingerprint density at radius 3 is 2.38 bits per heavy atom. The Morgan fingerprint density at radius 2 is 1.79 bits per heavy atom. The van der Waals surface area contributed by atoms with Crippen molar-refractivity contribution >= 4 is 17.8 Å². The lowest BCUT2D eigenvalue weighted by Crippen LogP contribution is -2.47. The lowest BCUT2D eigenvalue weighted by Gasteiger charge is -2.33. The monoisotopic (exact) mass is 327 g/mol. The third kappa shape index (κ3) is 3.65. The van der Waals surface area contributed by atoms with Crippen molar-refractivity contribution in [1.82, 2.24) is 14.8 Å². The second-order valence-corrected chi connectivity index (χ2v) is 6.27. The number of nitrogens with zero attached hydrogens (tertiary/aromatic N) is 4. The van der Waals surface area contributed by atoms with Crippen LogP contribution < -0.4 is 5.32 Å². The molecule has 7 heteroatoms. The first-order chi connectivity index (χ1) is 11.7. The molecule has 3 rings (SSSR count). The average molecular weight is 327 g/mol. The summed E-state index contributed by atoms with van der Waals surface area (Å²) in [7, 11) is 0. The molecule has 2 fully saturated rings. The molecule has 2 aliphatic heterocycles. The van der Waals surface area contributed by atoms with Crippen LogP contribution in [0.15, 0.2) is 18.3 Å². The van der Waals surface area contributed by atoms with Crippen LogP contribution in [0.25, 0.3) is 0 Å². The third-order valence-electron chi connectivity index (χ3n) is 4.66. The van der Waals surface area contributed by atoms with Gasteiger partial charge < -0.3 is 15.1 Å². The predicted octanol–water partition coefficient (Wildman–Crippen LogP) is 1.82. The summed E-state index contributed by atoms with van der Waals surface area (Å²) in [6.07, 6.45) is 4.95. The summed E-state index contributed by atoms with van der Waals surface area (Å²) < 4.78 is 0. The Balaban J connectivity index is 1.49. The Kier molecular flexibility index (Phi) is 4.94. The highest BCUT2D eigenvalue weighted by Crippen LogP contribution is 2.21. The van der Waals surface area contributed by atoms with E-state index in [4.69, 9.17) is 5.26 Å². The van der Waals surface area contributed by atoms with Gasteiger partial charge in [-0.05, 0) is 37.8 Å². The molecule has 24 heavy (non-hydrogen) atoms. The van der Waals surface area contributed by atoms with Gasteiger partial charge >= 0.3 is 6.03 Å². The third-order valence-corrected chi connectivity index (χ3v) is 4.66. The minimum atomic E-state index is -0.106. The van der Waals surface area contributed by atoms with E-state index < -0.39 is 0 Å². The van der Waals surface area contributed by atoms with E-state index in [9.17, 15) is 9.59 Å². The number of nitriles is 1. The van der Waals surface area contributed by atoms with E-state index in [1.165, 1.54) is 6.20 Å². The van der Waals surface area contributed by atoms with Crippen molar-refractivity contribution in [3.8, 4) is 6.07 Å². The topological polar surface area (TPSA) is 89.3 Å². The first kappa shape index (κ1) is 16.2.